The normalized spacial score (nSPS) is 13.0. The van der Waals surface area contributed by atoms with Crippen LogP contribution in [0.25, 0.3) is 0 Å². The second-order valence-electron chi connectivity index (χ2n) is 7.90. The molecule has 0 aliphatic carbocycles. The van der Waals surface area contributed by atoms with Gasteiger partial charge in [-0.1, -0.05) is 32.0 Å². The van der Waals surface area contributed by atoms with Crippen LogP contribution in [0.3, 0.4) is 0 Å². The van der Waals surface area contributed by atoms with E-state index >= 15 is 0 Å². The maximum Gasteiger partial charge on any atom is 0.322 e. The zero-order valence-corrected chi connectivity index (χ0v) is 18.1. The topological polar surface area (TPSA) is 79.4 Å². The van der Waals surface area contributed by atoms with Gasteiger partial charge in [0.25, 0.3) is 0 Å². The van der Waals surface area contributed by atoms with Crippen LogP contribution in [0.5, 0.6) is 5.75 Å². The summed E-state index contributed by atoms with van der Waals surface area (Å²) in [5.41, 5.74) is 4.90. The van der Waals surface area contributed by atoms with Crippen molar-refractivity contribution in [3.63, 3.8) is 0 Å². The highest BCUT2D eigenvalue weighted by Crippen LogP contribution is 2.23. The molecule has 7 heteroatoms. The molecule has 2 aromatic carbocycles. The van der Waals surface area contributed by atoms with Crippen molar-refractivity contribution < 1.29 is 9.53 Å². The summed E-state index contributed by atoms with van der Waals surface area (Å²) >= 11 is 0. The van der Waals surface area contributed by atoms with Crippen molar-refractivity contribution in [2.45, 2.75) is 32.7 Å². The molecule has 0 bridgehead atoms. The lowest BCUT2D eigenvalue weighted by Crippen LogP contribution is -2.39. The number of aromatic nitrogens is 2. The van der Waals surface area contributed by atoms with Crippen LogP contribution in [0, 0.1) is 0 Å². The molecule has 0 saturated carbocycles. The van der Waals surface area contributed by atoms with Crippen LogP contribution in [0.15, 0.2) is 54.7 Å². The van der Waals surface area contributed by atoms with Crippen molar-refractivity contribution in [1.29, 1.82) is 0 Å². The van der Waals surface area contributed by atoms with E-state index in [2.05, 4.69) is 46.6 Å². The largest absolute Gasteiger partial charge is 0.497 e. The summed E-state index contributed by atoms with van der Waals surface area (Å²) < 4.78 is 5.21. The molecule has 2 amide bonds. The number of hydrogen-bond donors (Lipinski definition) is 2. The molecule has 3 aromatic rings. The summed E-state index contributed by atoms with van der Waals surface area (Å²) in [5, 5.41) is 6.20. The molecule has 4 rings (SSSR count). The van der Waals surface area contributed by atoms with E-state index in [4.69, 9.17) is 4.74 Å². The Balaban J connectivity index is 1.40. The SMILES string of the molecule is COc1cccc(NC(=O)N2CCc3nc(Nc4ccc(C(C)C)cc4)ncc3C2)c1. The summed E-state index contributed by atoms with van der Waals surface area (Å²) in [5.74, 6) is 1.78. The maximum absolute atomic E-state index is 12.7. The van der Waals surface area contributed by atoms with E-state index in [1.165, 1.54) is 5.56 Å². The highest BCUT2D eigenvalue weighted by atomic mass is 16.5. The van der Waals surface area contributed by atoms with Gasteiger partial charge in [0.1, 0.15) is 5.75 Å². The minimum atomic E-state index is -0.147. The molecule has 31 heavy (non-hydrogen) atoms. The number of nitrogens with one attached hydrogen (secondary N) is 2. The summed E-state index contributed by atoms with van der Waals surface area (Å²) in [4.78, 5) is 23.6. The van der Waals surface area contributed by atoms with Gasteiger partial charge in [0.05, 0.1) is 19.3 Å². The molecule has 1 aliphatic rings. The van der Waals surface area contributed by atoms with Crippen LogP contribution in [0.2, 0.25) is 0 Å². The lowest BCUT2D eigenvalue weighted by molar-refractivity contribution is 0.206. The number of carbonyl (C=O) groups is 1. The number of anilines is 3. The lowest BCUT2D eigenvalue weighted by Gasteiger charge is -2.28. The van der Waals surface area contributed by atoms with Crippen LogP contribution in [0.1, 0.15) is 36.6 Å². The number of urea groups is 1. The van der Waals surface area contributed by atoms with E-state index < -0.39 is 0 Å². The molecule has 1 aromatic heterocycles. The van der Waals surface area contributed by atoms with E-state index in [9.17, 15) is 4.79 Å². The van der Waals surface area contributed by atoms with E-state index in [1.807, 2.05) is 30.3 Å². The van der Waals surface area contributed by atoms with Crippen LogP contribution in [-0.2, 0) is 13.0 Å². The first-order chi connectivity index (χ1) is 15.0. The lowest BCUT2D eigenvalue weighted by atomic mass is 10.0. The first-order valence-corrected chi connectivity index (χ1v) is 10.4. The molecule has 0 spiro atoms. The van der Waals surface area contributed by atoms with E-state index in [1.54, 1.807) is 24.3 Å². The van der Waals surface area contributed by atoms with Crippen LogP contribution < -0.4 is 15.4 Å². The Morgan fingerprint density at radius 1 is 1.13 bits per heavy atom. The summed E-state index contributed by atoms with van der Waals surface area (Å²) in [7, 11) is 1.60. The standard InChI is InChI=1S/C24H27N5O2/c1-16(2)17-7-9-19(10-8-17)26-23-25-14-18-15-29(12-11-22(18)28-23)24(30)27-20-5-4-6-21(13-20)31-3/h4-10,13-14,16H,11-12,15H2,1-3H3,(H,27,30)(H,25,26,28). The summed E-state index contributed by atoms with van der Waals surface area (Å²) in [6.07, 6.45) is 2.49. The molecule has 0 atom stereocenters. The van der Waals surface area contributed by atoms with Gasteiger partial charge in [-0.15, -0.1) is 0 Å². The number of fused-ring (bicyclic) bond motifs is 1. The van der Waals surface area contributed by atoms with E-state index in [0.717, 1.165) is 16.9 Å². The number of rotatable bonds is 5. The van der Waals surface area contributed by atoms with Crippen molar-refractivity contribution in [3.05, 3.63) is 71.5 Å². The molecule has 0 unspecified atom stereocenters. The fourth-order valence-corrected chi connectivity index (χ4v) is 3.53. The number of carbonyl (C=O) groups excluding carboxylic acids is 1. The van der Waals surface area contributed by atoms with Gasteiger partial charge in [-0.25, -0.2) is 14.8 Å². The molecule has 160 valence electrons. The number of nitrogens with zero attached hydrogens (tertiary/aromatic N) is 3. The third-order valence-electron chi connectivity index (χ3n) is 5.38. The second-order valence-corrected chi connectivity index (χ2v) is 7.90. The number of ether oxygens (including phenoxy) is 1. The Morgan fingerprint density at radius 2 is 1.94 bits per heavy atom. The van der Waals surface area contributed by atoms with Gasteiger partial charge in [-0.2, -0.15) is 0 Å². The number of methoxy groups -OCH3 is 1. The van der Waals surface area contributed by atoms with Crippen LogP contribution in [-0.4, -0.2) is 34.6 Å². The highest BCUT2D eigenvalue weighted by Gasteiger charge is 2.22. The molecule has 0 radical (unpaired) electrons. The first-order valence-electron chi connectivity index (χ1n) is 10.4. The number of benzene rings is 2. The van der Waals surface area contributed by atoms with E-state index in [0.29, 0.717) is 42.8 Å². The maximum atomic E-state index is 12.7. The van der Waals surface area contributed by atoms with Crippen molar-refractivity contribution in [1.82, 2.24) is 14.9 Å². The third-order valence-corrected chi connectivity index (χ3v) is 5.38. The van der Waals surface area contributed by atoms with Crippen molar-refractivity contribution in [2.75, 3.05) is 24.3 Å². The quantitative estimate of drug-likeness (QED) is 0.615. The van der Waals surface area contributed by atoms with Gasteiger partial charge >= 0.3 is 6.03 Å². The fraction of sp³-hybridized carbons (Fsp3) is 0.292. The van der Waals surface area contributed by atoms with Gasteiger partial charge in [0, 0.05) is 42.2 Å². The van der Waals surface area contributed by atoms with Gasteiger partial charge in [0.15, 0.2) is 0 Å². The number of hydrogen-bond acceptors (Lipinski definition) is 5. The summed E-state index contributed by atoms with van der Waals surface area (Å²) in [6, 6.07) is 15.5. The molecular weight excluding hydrogens is 390 g/mol. The van der Waals surface area contributed by atoms with Crippen LogP contribution >= 0.6 is 0 Å². The Labute approximate surface area is 182 Å². The smallest absolute Gasteiger partial charge is 0.322 e. The van der Waals surface area contributed by atoms with Gasteiger partial charge in [-0.05, 0) is 35.7 Å². The Hall–Kier alpha value is -3.61. The predicted molar refractivity (Wildman–Crippen MR) is 122 cm³/mol. The zero-order chi connectivity index (χ0) is 21.8. The Bertz CT molecular complexity index is 1070. The monoisotopic (exact) mass is 417 g/mol. The van der Waals surface area contributed by atoms with Gasteiger partial charge in [-0.3, -0.25) is 0 Å². The third kappa shape index (κ3) is 4.94. The molecular formula is C24H27N5O2. The second kappa shape index (κ2) is 9.04. The van der Waals surface area contributed by atoms with Crippen molar-refractivity contribution in [2.24, 2.45) is 0 Å². The van der Waals surface area contributed by atoms with Gasteiger partial charge < -0.3 is 20.3 Å². The molecule has 2 heterocycles. The van der Waals surface area contributed by atoms with Crippen LogP contribution in [0.4, 0.5) is 22.1 Å². The predicted octanol–water partition coefficient (Wildman–Crippen LogP) is 4.94. The zero-order valence-electron chi connectivity index (χ0n) is 18.1. The minimum Gasteiger partial charge on any atom is -0.497 e. The summed E-state index contributed by atoms with van der Waals surface area (Å²) in [6.45, 7) is 5.43. The Morgan fingerprint density at radius 3 is 2.68 bits per heavy atom. The van der Waals surface area contributed by atoms with E-state index in [-0.39, 0.29) is 6.03 Å². The molecule has 0 saturated heterocycles. The molecule has 7 nitrogen and oxygen atoms in total. The van der Waals surface area contributed by atoms with Crippen molar-refractivity contribution in [3.8, 4) is 5.75 Å². The van der Waals surface area contributed by atoms with Crippen molar-refractivity contribution >= 4 is 23.4 Å². The molecule has 0 fully saturated rings. The number of amides is 2. The highest BCUT2D eigenvalue weighted by molar-refractivity contribution is 5.89. The first kappa shape index (κ1) is 20.7. The average Bonchev–Trinajstić information content (AvgIpc) is 2.79. The van der Waals surface area contributed by atoms with Gasteiger partial charge in [0.2, 0.25) is 5.95 Å². The molecule has 2 N–H and O–H groups in total. The Kier molecular flexibility index (Phi) is 6.02. The minimum absolute atomic E-state index is 0.147. The fourth-order valence-electron chi connectivity index (χ4n) is 3.53. The molecule has 1 aliphatic heterocycles. The average molecular weight is 418 g/mol.